The van der Waals surface area contributed by atoms with E-state index in [1.165, 1.54) is 13.0 Å². The molecule has 0 fully saturated rings. The van der Waals surface area contributed by atoms with Crippen LogP contribution in [0.2, 0.25) is 0 Å². The molecule has 16 heavy (non-hydrogen) atoms. The van der Waals surface area contributed by atoms with Crippen molar-refractivity contribution in [2.45, 2.75) is 33.2 Å². The molecule has 1 rings (SSSR count). The molecule has 0 heterocycles. The fourth-order valence-corrected chi connectivity index (χ4v) is 1.24. The minimum absolute atomic E-state index is 0.131. The van der Waals surface area contributed by atoms with Gasteiger partial charge in [0, 0.05) is 11.6 Å². The molecule has 0 aliphatic heterocycles. The predicted octanol–water partition coefficient (Wildman–Crippen LogP) is 2.80. The molecule has 0 aliphatic rings. The molecule has 1 N–H and O–H groups in total. The first kappa shape index (κ1) is 12.6. The van der Waals surface area contributed by atoms with Crippen molar-refractivity contribution < 1.29 is 13.6 Å². The molecule has 0 saturated carbocycles. The van der Waals surface area contributed by atoms with Crippen molar-refractivity contribution in [3.63, 3.8) is 0 Å². The molecule has 1 aromatic rings. The second-order valence-corrected chi connectivity index (χ2v) is 4.79. The lowest BCUT2D eigenvalue weighted by Crippen LogP contribution is -2.41. The summed E-state index contributed by atoms with van der Waals surface area (Å²) in [6.45, 7) is 6.86. The Balaban J connectivity index is 3.05. The summed E-state index contributed by atoms with van der Waals surface area (Å²) >= 11 is 0. The van der Waals surface area contributed by atoms with Crippen molar-refractivity contribution in [3.05, 3.63) is 34.9 Å². The smallest absolute Gasteiger partial charge is 0.254 e. The number of hydrogen-bond donors (Lipinski definition) is 1. The van der Waals surface area contributed by atoms with Gasteiger partial charge in [-0.25, -0.2) is 8.78 Å². The Morgan fingerprint density at radius 3 is 2.25 bits per heavy atom. The van der Waals surface area contributed by atoms with Crippen LogP contribution >= 0.6 is 0 Å². The highest BCUT2D eigenvalue weighted by atomic mass is 19.1. The summed E-state index contributed by atoms with van der Waals surface area (Å²) in [6, 6.07) is 1.94. The summed E-state index contributed by atoms with van der Waals surface area (Å²) in [4.78, 5) is 11.7. The van der Waals surface area contributed by atoms with E-state index in [2.05, 4.69) is 5.32 Å². The Labute approximate surface area is 93.7 Å². The second kappa shape index (κ2) is 4.20. The molecule has 0 aromatic heterocycles. The van der Waals surface area contributed by atoms with Crippen LogP contribution in [0.25, 0.3) is 0 Å². The van der Waals surface area contributed by atoms with Gasteiger partial charge in [-0.3, -0.25) is 4.79 Å². The highest BCUT2D eigenvalue weighted by molar-refractivity contribution is 5.95. The molecule has 4 heteroatoms. The average molecular weight is 227 g/mol. The molecular weight excluding hydrogens is 212 g/mol. The van der Waals surface area contributed by atoms with Gasteiger partial charge in [0.05, 0.1) is 5.56 Å². The molecule has 0 saturated heterocycles. The van der Waals surface area contributed by atoms with Crippen LogP contribution in [0.3, 0.4) is 0 Å². The van der Waals surface area contributed by atoms with E-state index in [1.807, 2.05) is 0 Å². The fraction of sp³-hybridized carbons (Fsp3) is 0.417. The number of amides is 1. The molecule has 0 bridgehead atoms. The first-order chi connectivity index (χ1) is 7.20. The maximum Gasteiger partial charge on any atom is 0.254 e. The van der Waals surface area contributed by atoms with E-state index >= 15 is 0 Å². The zero-order valence-corrected chi connectivity index (χ0v) is 9.82. The fourth-order valence-electron chi connectivity index (χ4n) is 1.24. The van der Waals surface area contributed by atoms with Gasteiger partial charge < -0.3 is 5.32 Å². The van der Waals surface area contributed by atoms with Crippen LogP contribution < -0.4 is 5.32 Å². The molecule has 1 aromatic carbocycles. The molecule has 0 aliphatic carbocycles. The van der Waals surface area contributed by atoms with Crippen LogP contribution in [-0.4, -0.2) is 11.4 Å². The molecule has 0 unspecified atom stereocenters. The summed E-state index contributed by atoms with van der Waals surface area (Å²) in [6.07, 6.45) is 0. The van der Waals surface area contributed by atoms with Crippen molar-refractivity contribution in [3.8, 4) is 0 Å². The van der Waals surface area contributed by atoms with Crippen LogP contribution in [0.5, 0.6) is 0 Å². The number of benzene rings is 1. The van der Waals surface area contributed by atoms with Gasteiger partial charge in [-0.15, -0.1) is 0 Å². The van der Waals surface area contributed by atoms with Gasteiger partial charge in [0.1, 0.15) is 11.6 Å². The number of carbonyl (C=O) groups excluding carboxylic acids is 1. The topological polar surface area (TPSA) is 29.1 Å². The summed E-state index contributed by atoms with van der Waals surface area (Å²) < 4.78 is 26.3. The minimum atomic E-state index is -0.843. The van der Waals surface area contributed by atoms with E-state index in [1.54, 1.807) is 20.8 Å². The largest absolute Gasteiger partial charge is 0.347 e. The number of halogens is 2. The molecule has 88 valence electrons. The van der Waals surface area contributed by atoms with E-state index in [9.17, 15) is 13.6 Å². The lowest BCUT2D eigenvalue weighted by molar-refractivity contribution is 0.0915. The number of nitrogens with one attached hydrogen (secondary N) is 1. The van der Waals surface area contributed by atoms with E-state index in [0.29, 0.717) is 0 Å². The van der Waals surface area contributed by atoms with Gasteiger partial charge in [0.15, 0.2) is 0 Å². The maximum atomic E-state index is 13.4. The van der Waals surface area contributed by atoms with Crippen LogP contribution in [-0.2, 0) is 0 Å². The highest BCUT2D eigenvalue weighted by Crippen LogP contribution is 2.15. The lowest BCUT2D eigenvalue weighted by Gasteiger charge is -2.20. The molecule has 2 nitrogen and oxygen atoms in total. The zero-order valence-electron chi connectivity index (χ0n) is 9.82. The third-order valence-corrected chi connectivity index (χ3v) is 1.98. The standard InChI is InChI=1S/C12H15F2NO/c1-7-5-8(10(14)6-9(7)13)11(16)15-12(2,3)4/h5-6H,1-4H3,(H,15,16). The first-order valence-corrected chi connectivity index (χ1v) is 4.99. The molecule has 0 radical (unpaired) electrons. The monoisotopic (exact) mass is 227 g/mol. The SMILES string of the molecule is Cc1cc(C(=O)NC(C)(C)C)c(F)cc1F. The zero-order chi connectivity index (χ0) is 12.5. The third kappa shape index (κ3) is 3.02. The second-order valence-electron chi connectivity index (χ2n) is 4.79. The Morgan fingerprint density at radius 1 is 1.19 bits per heavy atom. The Bertz CT molecular complexity index is 422. The van der Waals surface area contributed by atoms with Crippen molar-refractivity contribution >= 4 is 5.91 Å². The van der Waals surface area contributed by atoms with Gasteiger partial charge in [-0.1, -0.05) is 0 Å². The summed E-state index contributed by atoms with van der Waals surface area (Å²) in [5.74, 6) is -2.03. The van der Waals surface area contributed by atoms with Crippen molar-refractivity contribution in [2.75, 3.05) is 0 Å². The van der Waals surface area contributed by atoms with E-state index in [-0.39, 0.29) is 11.1 Å². The predicted molar refractivity (Wildman–Crippen MR) is 58.3 cm³/mol. The van der Waals surface area contributed by atoms with Gasteiger partial charge >= 0.3 is 0 Å². The van der Waals surface area contributed by atoms with Crippen LogP contribution in [0, 0.1) is 18.6 Å². The minimum Gasteiger partial charge on any atom is -0.347 e. The van der Waals surface area contributed by atoms with E-state index in [4.69, 9.17) is 0 Å². The van der Waals surface area contributed by atoms with Gasteiger partial charge in [0.25, 0.3) is 5.91 Å². The van der Waals surface area contributed by atoms with E-state index < -0.39 is 23.1 Å². The molecule has 0 spiro atoms. The lowest BCUT2D eigenvalue weighted by atomic mass is 10.1. The Kier molecular flexibility index (Phi) is 3.31. The quantitative estimate of drug-likeness (QED) is 0.785. The van der Waals surface area contributed by atoms with Crippen molar-refractivity contribution in [1.29, 1.82) is 0 Å². The maximum absolute atomic E-state index is 13.4. The summed E-state index contributed by atoms with van der Waals surface area (Å²) in [5, 5.41) is 2.62. The Morgan fingerprint density at radius 2 is 1.75 bits per heavy atom. The average Bonchev–Trinajstić information content (AvgIpc) is 2.08. The normalized spacial score (nSPS) is 11.4. The number of rotatable bonds is 1. The van der Waals surface area contributed by atoms with E-state index in [0.717, 1.165) is 6.07 Å². The van der Waals surface area contributed by atoms with Crippen LogP contribution in [0.4, 0.5) is 8.78 Å². The summed E-state index contributed by atoms with van der Waals surface area (Å²) in [7, 11) is 0. The number of hydrogen-bond acceptors (Lipinski definition) is 1. The van der Waals surface area contributed by atoms with Crippen LogP contribution in [0.15, 0.2) is 12.1 Å². The van der Waals surface area contributed by atoms with Crippen LogP contribution in [0.1, 0.15) is 36.7 Å². The van der Waals surface area contributed by atoms with Crippen molar-refractivity contribution in [1.82, 2.24) is 5.32 Å². The third-order valence-electron chi connectivity index (χ3n) is 1.98. The highest BCUT2D eigenvalue weighted by Gasteiger charge is 2.19. The number of aryl methyl sites for hydroxylation is 1. The molecule has 0 atom stereocenters. The number of carbonyl (C=O) groups is 1. The first-order valence-electron chi connectivity index (χ1n) is 4.99. The summed E-state index contributed by atoms with van der Waals surface area (Å²) in [5.41, 5.74) is -0.333. The Hall–Kier alpha value is -1.45. The molecular formula is C12H15F2NO. The van der Waals surface area contributed by atoms with Gasteiger partial charge in [-0.2, -0.15) is 0 Å². The van der Waals surface area contributed by atoms with Gasteiger partial charge in [0.2, 0.25) is 0 Å². The molecule has 1 amide bonds. The van der Waals surface area contributed by atoms with Crippen molar-refractivity contribution in [2.24, 2.45) is 0 Å². The van der Waals surface area contributed by atoms with Gasteiger partial charge in [-0.05, 0) is 39.3 Å².